The standard InChI is InChI=1S/C25H31NO2/c1-2-23(21-13-12-19-8-6-7-9-20(19)18-21)26-24(27)25(14-16-28-17-15-25)22-10-4-3-5-11-22/h3-5,10-13,18,23H,2,6-9,14-17H2,1H3,(H,26,27). The van der Waals surface area contributed by atoms with Gasteiger partial charge in [-0.1, -0.05) is 55.5 Å². The average molecular weight is 378 g/mol. The first kappa shape index (κ1) is 19.2. The van der Waals surface area contributed by atoms with Gasteiger partial charge in [0.05, 0.1) is 11.5 Å². The monoisotopic (exact) mass is 377 g/mol. The Morgan fingerprint density at radius 2 is 1.75 bits per heavy atom. The topological polar surface area (TPSA) is 38.3 Å². The number of benzene rings is 2. The van der Waals surface area contributed by atoms with Crippen molar-refractivity contribution in [2.45, 2.75) is 63.3 Å². The van der Waals surface area contributed by atoms with Gasteiger partial charge in [-0.05, 0) is 67.2 Å². The van der Waals surface area contributed by atoms with Crippen molar-refractivity contribution in [1.29, 1.82) is 0 Å². The highest BCUT2D eigenvalue weighted by Gasteiger charge is 2.42. The Morgan fingerprint density at radius 3 is 2.46 bits per heavy atom. The molecule has 1 unspecified atom stereocenters. The van der Waals surface area contributed by atoms with Gasteiger partial charge in [0.2, 0.25) is 5.91 Å². The SMILES string of the molecule is CCC(NC(=O)C1(c2ccccc2)CCOCC1)c1ccc2c(c1)CCCC2. The van der Waals surface area contributed by atoms with Crippen LogP contribution in [0.25, 0.3) is 0 Å². The Morgan fingerprint density at radius 1 is 1.04 bits per heavy atom. The molecule has 1 aliphatic carbocycles. The highest BCUT2D eigenvalue weighted by Crippen LogP contribution is 2.36. The molecule has 1 saturated heterocycles. The molecule has 1 aliphatic heterocycles. The molecule has 0 radical (unpaired) electrons. The summed E-state index contributed by atoms with van der Waals surface area (Å²) in [5.41, 5.74) is 4.82. The van der Waals surface area contributed by atoms with E-state index in [1.54, 1.807) is 0 Å². The quantitative estimate of drug-likeness (QED) is 0.806. The summed E-state index contributed by atoms with van der Waals surface area (Å²) in [6.07, 6.45) is 7.30. The van der Waals surface area contributed by atoms with Crippen LogP contribution in [0.1, 0.15) is 67.3 Å². The van der Waals surface area contributed by atoms with E-state index in [-0.39, 0.29) is 11.9 Å². The van der Waals surface area contributed by atoms with E-state index in [0.29, 0.717) is 13.2 Å². The number of fused-ring (bicyclic) bond motifs is 1. The van der Waals surface area contributed by atoms with Gasteiger partial charge in [-0.15, -0.1) is 0 Å². The Labute approximate surface area is 168 Å². The third-order valence-electron chi connectivity index (χ3n) is 6.60. The number of amides is 1. The number of nitrogens with one attached hydrogen (secondary N) is 1. The number of hydrogen-bond donors (Lipinski definition) is 1. The van der Waals surface area contributed by atoms with Crippen molar-refractivity contribution < 1.29 is 9.53 Å². The fourth-order valence-corrected chi connectivity index (χ4v) is 4.81. The van der Waals surface area contributed by atoms with Gasteiger partial charge in [0.25, 0.3) is 0 Å². The molecule has 1 heterocycles. The van der Waals surface area contributed by atoms with Crippen molar-refractivity contribution >= 4 is 5.91 Å². The zero-order chi connectivity index (χ0) is 19.4. The molecule has 1 amide bonds. The van der Waals surface area contributed by atoms with Crippen molar-refractivity contribution in [2.75, 3.05) is 13.2 Å². The molecule has 2 aliphatic rings. The molecular weight excluding hydrogens is 346 g/mol. The van der Waals surface area contributed by atoms with E-state index in [0.717, 1.165) is 24.8 Å². The minimum Gasteiger partial charge on any atom is -0.381 e. The lowest BCUT2D eigenvalue weighted by atomic mass is 9.73. The molecular formula is C25H31NO2. The molecule has 2 aromatic carbocycles. The van der Waals surface area contributed by atoms with E-state index < -0.39 is 5.41 Å². The third kappa shape index (κ3) is 3.73. The molecule has 0 spiro atoms. The summed E-state index contributed by atoms with van der Waals surface area (Å²) in [5, 5.41) is 3.40. The molecule has 1 N–H and O–H groups in total. The number of carbonyl (C=O) groups is 1. The lowest BCUT2D eigenvalue weighted by Gasteiger charge is -2.37. The van der Waals surface area contributed by atoms with Crippen LogP contribution in [0.15, 0.2) is 48.5 Å². The van der Waals surface area contributed by atoms with Crippen LogP contribution in [-0.2, 0) is 27.8 Å². The van der Waals surface area contributed by atoms with Gasteiger partial charge in [-0.2, -0.15) is 0 Å². The van der Waals surface area contributed by atoms with E-state index in [1.807, 2.05) is 18.2 Å². The first-order valence-corrected chi connectivity index (χ1v) is 10.8. The van der Waals surface area contributed by atoms with Crippen LogP contribution in [0.5, 0.6) is 0 Å². The van der Waals surface area contributed by atoms with Gasteiger partial charge in [0, 0.05) is 13.2 Å². The van der Waals surface area contributed by atoms with Crippen LogP contribution >= 0.6 is 0 Å². The third-order valence-corrected chi connectivity index (χ3v) is 6.60. The number of carbonyl (C=O) groups excluding carboxylic acids is 1. The van der Waals surface area contributed by atoms with Crippen molar-refractivity contribution in [3.63, 3.8) is 0 Å². The van der Waals surface area contributed by atoms with Gasteiger partial charge in [-0.25, -0.2) is 0 Å². The predicted molar refractivity (Wildman–Crippen MR) is 112 cm³/mol. The van der Waals surface area contributed by atoms with E-state index in [4.69, 9.17) is 4.74 Å². The minimum absolute atomic E-state index is 0.0585. The van der Waals surface area contributed by atoms with Crippen LogP contribution in [0, 0.1) is 0 Å². The zero-order valence-corrected chi connectivity index (χ0v) is 16.9. The van der Waals surface area contributed by atoms with Crippen LogP contribution in [0.3, 0.4) is 0 Å². The molecule has 0 aromatic heterocycles. The summed E-state index contributed by atoms with van der Waals surface area (Å²) in [6.45, 7) is 3.43. The number of rotatable bonds is 5. The molecule has 2 aromatic rings. The second-order valence-electron chi connectivity index (χ2n) is 8.23. The molecule has 148 valence electrons. The smallest absolute Gasteiger partial charge is 0.231 e. The second kappa shape index (κ2) is 8.48. The van der Waals surface area contributed by atoms with Crippen LogP contribution < -0.4 is 5.32 Å². The van der Waals surface area contributed by atoms with E-state index in [9.17, 15) is 4.79 Å². The molecule has 0 saturated carbocycles. The minimum atomic E-state index is -0.485. The highest BCUT2D eigenvalue weighted by atomic mass is 16.5. The van der Waals surface area contributed by atoms with Gasteiger partial charge in [-0.3, -0.25) is 4.79 Å². The Bertz CT molecular complexity index is 809. The van der Waals surface area contributed by atoms with Crippen LogP contribution in [0.4, 0.5) is 0 Å². The van der Waals surface area contributed by atoms with Gasteiger partial charge in [0.1, 0.15) is 0 Å². The predicted octanol–water partition coefficient (Wildman–Crippen LogP) is 4.88. The molecule has 0 bridgehead atoms. The Balaban J connectivity index is 1.59. The maximum atomic E-state index is 13.6. The first-order chi connectivity index (χ1) is 13.7. The molecule has 1 atom stereocenters. The van der Waals surface area contributed by atoms with Crippen molar-refractivity contribution in [1.82, 2.24) is 5.32 Å². The van der Waals surface area contributed by atoms with Crippen LogP contribution in [-0.4, -0.2) is 19.1 Å². The summed E-state index contributed by atoms with van der Waals surface area (Å²) >= 11 is 0. The highest BCUT2D eigenvalue weighted by molar-refractivity contribution is 5.88. The molecule has 28 heavy (non-hydrogen) atoms. The molecule has 3 nitrogen and oxygen atoms in total. The van der Waals surface area contributed by atoms with Crippen molar-refractivity contribution in [3.05, 3.63) is 70.8 Å². The normalized spacial score (nSPS) is 19.5. The maximum Gasteiger partial charge on any atom is 0.231 e. The van der Waals surface area contributed by atoms with E-state index in [1.165, 1.54) is 42.4 Å². The average Bonchev–Trinajstić information content (AvgIpc) is 2.78. The van der Waals surface area contributed by atoms with Gasteiger partial charge in [0.15, 0.2) is 0 Å². The van der Waals surface area contributed by atoms with Gasteiger partial charge < -0.3 is 10.1 Å². The summed E-state index contributed by atoms with van der Waals surface area (Å²) in [6, 6.07) is 17.1. The van der Waals surface area contributed by atoms with E-state index in [2.05, 4.69) is 42.6 Å². The Kier molecular flexibility index (Phi) is 5.82. The number of ether oxygens (including phenoxy) is 1. The molecule has 4 rings (SSSR count). The molecule has 1 fully saturated rings. The Hall–Kier alpha value is -2.13. The lowest BCUT2D eigenvalue weighted by Crippen LogP contribution is -2.49. The second-order valence-corrected chi connectivity index (χ2v) is 8.23. The fraction of sp³-hybridized carbons (Fsp3) is 0.480. The summed E-state index contributed by atoms with van der Waals surface area (Å²) in [4.78, 5) is 13.6. The summed E-state index contributed by atoms with van der Waals surface area (Å²) < 4.78 is 5.59. The zero-order valence-electron chi connectivity index (χ0n) is 16.9. The molecule has 3 heteroatoms. The van der Waals surface area contributed by atoms with E-state index >= 15 is 0 Å². The van der Waals surface area contributed by atoms with Crippen molar-refractivity contribution in [3.8, 4) is 0 Å². The summed E-state index contributed by atoms with van der Waals surface area (Å²) in [7, 11) is 0. The lowest BCUT2D eigenvalue weighted by molar-refractivity contribution is -0.131. The number of hydrogen-bond acceptors (Lipinski definition) is 2. The fourth-order valence-electron chi connectivity index (χ4n) is 4.81. The maximum absolute atomic E-state index is 13.6. The first-order valence-electron chi connectivity index (χ1n) is 10.8. The van der Waals surface area contributed by atoms with Crippen LogP contribution in [0.2, 0.25) is 0 Å². The largest absolute Gasteiger partial charge is 0.381 e. The van der Waals surface area contributed by atoms with Gasteiger partial charge >= 0.3 is 0 Å². The summed E-state index contributed by atoms with van der Waals surface area (Å²) in [5.74, 6) is 0.145. The van der Waals surface area contributed by atoms with Crippen molar-refractivity contribution in [2.24, 2.45) is 0 Å². The number of aryl methyl sites for hydroxylation is 2.